The minimum absolute atomic E-state index is 0.192. The molecule has 14 heavy (non-hydrogen) atoms. The highest BCUT2D eigenvalue weighted by molar-refractivity contribution is 8.00. The minimum Gasteiger partial charge on any atom is -0.479 e. The zero-order valence-corrected chi connectivity index (χ0v) is 8.66. The second-order valence-electron chi connectivity index (χ2n) is 3.57. The van der Waals surface area contributed by atoms with E-state index in [1.165, 1.54) is 12.8 Å². The highest BCUT2D eigenvalue weighted by Crippen LogP contribution is 2.32. The van der Waals surface area contributed by atoms with E-state index in [2.05, 4.69) is 0 Å². The SMILES string of the molecule is O=C(O)C1COC(C2CCCCS2)O1. The average molecular weight is 218 g/mol. The number of thioether (sulfide) groups is 1. The number of carboxylic acids is 1. The molecule has 80 valence electrons. The third kappa shape index (κ3) is 2.21. The lowest BCUT2D eigenvalue weighted by molar-refractivity contribution is -0.150. The van der Waals surface area contributed by atoms with Crippen LogP contribution in [0.25, 0.3) is 0 Å². The predicted octanol–water partition coefficient (Wildman–Crippen LogP) is 1.10. The van der Waals surface area contributed by atoms with Crippen molar-refractivity contribution in [2.45, 2.75) is 36.9 Å². The van der Waals surface area contributed by atoms with Crippen LogP contribution in [-0.2, 0) is 14.3 Å². The van der Waals surface area contributed by atoms with Crippen LogP contribution in [0.5, 0.6) is 0 Å². The van der Waals surface area contributed by atoms with Crippen LogP contribution in [0.15, 0.2) is 0 Å². The van der Waals surface area contributed by atoms with Crippen LogP contribution in [0.4, 0.5) is 0 Å². The highest BCUT2D eigenvalue weighted by atomic mass is 32.2. The van der Waals surface area contributed by atoms with Gasteiger partial charge in [0.2, 0.25) is 0 Å². The molecule has 0 aromatic rings. The molecule has 0 saturated carbocycles. The van der Waals surface area contributed by atoms with Gasteiger partial charge in [0.05, 0.1) is 11.9 Å². The third-order valence-electron chi connectivity index (χ3n) is 2.50. The molecule has 0 bridgehead atoms. The maximum Gasteiger partial charge on any atom is 0.335 e. The topological polar surface area (TPSA) is 55.8 Å². The number of ether oxygens (including phenoxy) is 2. The van der Waals surface area contributed by atoms with Gasteiger partial charge in [-0.05, 0) is 18.6 Å². The first-order valence-corrected chi connectivity index (χ1v) is 5.94. The van der Waals surface area contributed by atoms with Crippen molar-refractivity contribution in [3.63, 3.8) is 0 Å². The normalized spacial score (nSPS) is 38.4. The number of carboxylic acid groups (broad SMARTS) is 1. The van der Waals surface area contributed by atoms with Gasteiger partial charge in [-0.25, -0.2) is 4.79 Å². The first kappa shape index (κ1) is 10.3. The quantitative estimate of drug-likeness (QED) is 0.752. The molecule has 5 heteroatoms. The molecule has 2 aliphatic rings. The van der Waals surface area contributed by atoms with E-state index in [9.17, 15) is 4.79 Å². The largest absolute Gasteiger partial charge is 0.479 e. The van der Waals surface area contributed by atoms with E-state index in [1.807, 2.05) is 11.8 Å². The smallest absolute Gasteiger partial charge is 0.335 e. The predicted molar refractivity (Wildman–Crippen MR) is 52.3 cm³/mol. The lowest BCUT2D eigenvalue weighted by Gasteiger charge is -2.25. The van der Waals surface area contributed by atoms with Crippen molar-refractivity contribution in [3.05, 3.63) is 0 Å². The summed E-state index contributed by atoms with van der Waals surface area (Å²) in [6.07, 6.45) is 2.44. The first-order valence-electron chi connectivity index (χ1n) is 4.89. The summed E-state index contributed by atoms with van der Waals surface area (Å²) in [6, 6.07) is 0. The number of rotatable bonds is 2. The first-order chi connectivity index (χ1) is 6.77. The summed E-state index contributed by atoms with van der Waals surface area (Å²) in [5.74, 6) is 0.208. The van der Waals surface area contributed by atoms with Gasteiger partial charge in [-0.1, -0.05) is 6.42 Å². The fourth-order valence-corrected chi connectivity index (χ4v) is 3.03. The Kier molecular flexibility index (Phi) is 3.30. The van der Waals surface area contributed by atoms with Crippen LogP contribution in [0.2, 0.25) is 0 Å². The molecule has 3 atom stereocenters. The second-order valence-corrected chi connectivity index (χ2v) is 4.92. The summed E-state index contributed by atoms with van der Waals surface area (Å²) in [4.78, 5) is 10.6. The van der Waals surface area contributed by atoms with Gasteiger partial charge in [-0.3, -0.25) is 0 Å². The van der Waals surface area contributed by atoms with Crippen molar-refractivity contribution in [1.29, 1.82) is 0 Å². The van der Waals surface area contributed by atoms with Gasteiger partial charge >= 0.3 is 5.97 Å². The van der Waals surface area contributed by atoms with Gasteiger partial charge in [-0.15, -0.1) is 0 Å². The molecule has 2 rings (SSSR count). The van der Waals surface area contributed by atoms with Crippen molar-refractivity contribution >= 4 is 17.7 Å². The summed E-state index contributed by atoms with van der Waals surface area (Å²) in [6.45, 7) is 0.192. The van der Waals surface area contributed by atoms with Crippen molar-refractivity contribution in [3.8, 4) is 0 Å². The molecular weight excluding hydrogens is 204 g/mol. The average Bonchev–Trinajstić information content (AvgIpc) is 2.68. The zero-order valence-electron chi connectivity index (χ0n) is 7.85. The van der Waals surface area contributed by atoms with E-state index < -0.39 is 12.1 Å². The van der Waals surface area contributed by atoms with Crippen molar-refractivity contribution in [1.82, 2.24) is 0 Å². The summed E-state index contributed by atoms with van der Waals surface area (Å²) in [5, 5.41) is 9.04. The Hall–Kier alpha value is -0.260. The molecule has 2 aliphatic heterocycles. The number of hydrogen-bond acceptors (Lipinski definition) is 4. The van der Waals surface area contributed by atoms with E-state index >= 15 is 0 Å². The van der Waals surface area contributed by atoms with Crippen molar-refractivity contribution in [2.75, 3.05) is 12.4 Å². The molecule has 3 unspecified atom stereocenters. The molecule has 0 amide bonds. The van der Waals surface area contributed by atoms with Gasteiger partial charge < -0.3 is 14.6 Å². The van der Waals surface area contributed by atoms with Crippen LogP contribution in [0, 0.1) is 0 Å². The van der Waals surface area contributed by atoms with E-state index in [4.69, 9.17) is 14.6 Å². The molecule has 0 aromatic heterocycles. The summed E-state index contributed by atoms with van der Waals surface area (Å²) >= 11 is 1.83. The Morgan fingerprint density at radius 3 is 2.86 bits per heavy atom. The maximum absolute atomic E-state index is 10.6. The van der Waals surface area contributed by atoms with Crippen LogP contribution < -0.4 is 0 Å². The molecule has 0 spiro atoms. The number of hydrogen-bond donors (Lipinski definition) is 1. The van der Waals surface area contributed by atoms with Crippen LogP contribution in [-0.4, -0.2) is 41.1 Å². The summed E-state index contributed by atoms with van der Waals surface area (Å²) in [7, 11) is 0. The van der Waals surface area contributed by atoms with Gasteiger partial charge in [-0.2, -0.15) is 11.8 Å². The van der Waals surface area contributed by atoms with Gasteiger partial charge in [0.25, 0.3) is 0 Å². The monoisotopic (exact) mass is 218 g/mol. The maximum atomic E-state index is 10.6. The van der Waals surface area contributed by atoms with E-state index in [1.54, 1.807) is 0 Å². The Morgan fingerprint density at radius 2 is 2.29 bits per heavy atom. The third-order valence-corrected chi connectivity index (χ3v) is 3.91. The van der Waals surface area contributed by atoms with Crippen LogP contribution in [0.3, 0.4) is 0 Å². The van der Waals surface area contributed by atoms with E-state index in [0.29, 0.717) is 5.25 Å². The van der Waals surface area contributed by atoms with Crippen molar-refractivity contribution in [2.24, 2.45) is 0 Å². The summed E-state index contributed by atoms with van der Waals surface area (Å²) < 4.78 is 10.7. The molecule has 2 saturated heterocycles. The molecule has 0 radical (unpaired) electrons. The highest BCUT2D eigenvalue weighted by Gasteiger charge is 2.36. The Labute approximate surface area is 87.0 Å². The molecule has 2 fully saturated rings. The van der Waals surface area contributed by atoms with Crippen LogP contribution in [0.1, 0.15) is 19.3 Å². The lowest BCUT2D eigenvalue weighted by atomic mass is 10.2. The van der Waals surface area contributed by atoms with Crippen LogP contribution >= 0.6 is 11.8 Å². The lowest BCUT2D eigenvalue weighted by Crippen LogP contribution is -2.29. The molecule has 2 heterocycles. The van der Waals surface area contributed by atoms with E-state index in [-0.39, 0.29) is 12.9 Å². The summed E-state index contributed by atoms with van der Waals surface area (Å²) in [5.41, 5.74) is 0. The fraction of sp³-hybridized carbons (Fsp3) is 0.889. The Morgan fingerprint density at radius 1 is 1.43 bits per heavy atom. The van der Waals surface area contributed by atoms with E-state index in [0.717, 1.165) is 12.2 Å². The van der Waals surface area contributed by atoms with Gasteiger partial charge in [0.15, 0.2) is 12.4 Å². The molecule has 1 N–H and O–H groups in total. The zero-order chi connectivity index (χ0) is 9.97. The molecule has 0 aliphatic carbocycles. The minimum atomic E-state index is -0.923. The fourth-order valence-electron chi connectivity index (χ4n) is 1.73. The Balaban J connectivity index is 1.85. The Bertz CT molecular complexity index is 215. The number of carbonyl (C=O) groups is 1. The van der Waals surface area contributed by atoms with Crippen molar-refractivity contribution < 1.29 is 19.4 Å². The molecule has 0 aromatic carbocycles. The van der Waals surface area contributed by atoms with Gasteiger partial charge in [0.1, 0.15) is 0 Å². The number of aliphatic carboxylic acids is 1. The molecular formula is C9H14O4S. The standard InChI is InChI=1S/C9H14O4S/c10-8(11)6-5-12-9(13-6)7-3-1-2-4-14-7/h6-7,9H,1-5H2,(H,10,11). The van der Waals surface area contributed by atoms with Gasteiger partial charge in [0, 0.05) is 0 Å². The molecule has 4 nitrogen and oxygen atoms in total. The second kappa shape index (κ2) is 4.51.